The number of hydrogen-bond acceptors (Lipinski definition) is 3. The Labute approximate surface area is 154 Å². The van der Waals surface area contributed by atoms with E-state index in [-0.39, 0.29) is 22.8 Å². The molecule has 0 saturated heterocycles. The minimum absolute atomic E-state index is 0.168. The van der Waals surface area contributed by atoms with Crippen LogP contribution >= 0.6 is 0 Å². The molecule has 0 aromatic carbocycles. The number of carbonyl (C=O) groups excluding carboxylic acids is 2. The van der Waals surface area contributed by atoms with Gasteiger partial charge >= 0.3 is 11.9 Å². The van der Waals surface area contributed by atoms with Gasteiger partial charge in [0.05, 0.1) is 10.8 Å². The highest BCUT2D eigenvalue weighted by Gasteiger charge is 2.57. The van der Waals surface area contributed by atoms with E-state index in [1.54, 1.807) is 0 Å². The zero-order valence-corrected chi connectivity index (χ0v) is 17.6. The first-order chi connectivity index (χ1) is 11.3. The molecular weight excluding hydrogens is 312 g/mol. The first kappa shape index (κ1) is 20.5. The average Bonchev–Trinajstić information content (AvgIpc) is 2.50. The first-order valence-corrected chi connectivity index (χ1v) is 10.1. The molecule has 4 unspecified atom stereocenters. The van der Waals surface area contributed by atoms with Gasteiger partial charge in [-0.1, -0.05) is 67.2 Å². The Morgan fingerprint density at radius 3 is 1.36 bits per heavy atom. The van der Waals surface area contributed by atoms with Crippen molar-refractivity contribution in [3.05, 3.63) is 0 Å². The van der Waals surface area contributed by atoms with Gasteiger partial charge in [0.25, 0.3) is 0 Å². The van der Waals surface area contributed by atoms with E-state index in [0.717, 1.165) is 38.5 Å². The third-order valence-corrected chi connectivity index (χ3v) is 9.02. The predicted octanol–water partition coefficient (Wildman–Crippen LogP) is 5.76. The van der Waals surface area contributed by atoms with Crippen molar-refractivity contribution in [1.29, 1.82) is 0 Å². The van der Waals surface area contributed by atoms with Gasteiger partial charge < -0.3 is 4.74 Å². The maximum absolute atomic E-state index is 13.1. The summed E-state index contributed by atoms with van der Waals surface area (Å²) in [7, 11) is 0. The van der Waals surface area contributed by atoms with Crippen molar-refractivity contribution in [1.82, 2.24) is 0 Å². The Balaban J connectivity index is 2.24. The van der Waals surface area contributed by atoms with Crippen LogP contribution in [0.5, 0.6) is 0 Å². The van der Waals surface area contributed by atoms with Crippen molar-refractivity contribution >= 4 is 11.9 Å². The summed E-state index contributed by atoms with van der Waals surface area (Å²) in [5.74, 6) is 0.250. The summed E-state index contributed by atoms with van der Waals surface area (Å²) < 4.78 is 5.63. The molecule has 0 amide bonds. The molecule has 4 atom stereocenters. The van der Waals surface area contributed by atoms with Crippen LogP contribution in [0.3, 0.4) is 0 Å². The molecule has 144 valence electrons. The molecule has 0 spiro atoms. The normalized spacial score (nSPS) is 40.3. The number of rotatable bonds is 2. The van der Waals surface area contributed by atoms with E-state index in [2.05, 4.69) is 41.5 Å². The lowest BCUT2D eigenvalue weighted by molar-refractivity contribution is -0.189. The molecule has 0 bridgehead atoms. The van der Waals surface area contributed by atoms with Crippen LogP contribution in [0.15, 0.2) is 0 Å². The standard InChI is InChI=1S/C22H38O3/c1-15-11-9-13-21(7,19(15,3)4)17(23)25-18(24)22(8)14-10-12-16(2)20(22,5)6/h15-16H,9-14H2,1-8H3. The summed E-state index contributed by atoms with van der Waals surface area (Å²) in [5, 5.41) is 0. The van der Waals surface area contributed by atoms with Gasteiger partial charge in [-0.15, -0.1) is 0 Å². The van der Waals surface area contributed by atoms with Gasteiger partial charge in [0.2, 0.25) is 0 Å². The highest BCUT2D eigenvalue weighted by Crippen LogP contribution is 2.56. The summed E-state index contributed by atoms with van der Waals surface area (Å²) in [6.07, 6.45) is 5.90. The number of hydrogen-bond donors (Lipinski definition) is 0. The van der Waals surface area contributed by atoms with Crippen LogP contribution < -0.4 is 0 Å². The molecule has 2 aliphatic carbocycles. The maximum atomic E-state index is 13.1. The van der Waals surface area contributed by atoms with E-state index in [9.17, 15) is 9.59 Å². The molecule has 0 radical (unpaired) electrons. The van der Waals surface area contributed by atoms with Gasteiger partial charge in [0.15, 0.2) is 0 Å². The third kappa shape index (κ3) is 2.96. The molecule has 3 nitrogen and oxygen atoms in total. The maximum Gasteiger partial charge on any atom is 0.320 e. The summed E-state index contributed by atoms with van der Waals surface area (Å²) in [5.41, 5.74) is -1.53. The fraction of sp³-hybridized carbons (Fsp3) is 0.909. The van der Waals surface area contributed by atoms with Crippen molar-refractivity contribution in [3.8, 4) is 0 Å². The lowest BCUT2D eigenvalue weighted by Crippen LogP contribution is -2.53. The van der Waals surface area contributed by atoms with Crippen molar-refractivity contribution in [2.24, 2.45) is 33.5 Å². The van der Waals surface area contributed by atoms with E-state index < -0.39 is 10.8 Å². The number of ether oxygens (including phenoxy) is 1. The molecule has 0 N–H and O–H groups in total. The van der Waals surface area contributed by atoms with Crippen LogP contribution in [0.2, 0.25) is 0 Å². The monoisotopic (exact) mass is 350 g/mol. The lowest BCUT2D eigenvalue weighted by atomic mass is 9.53. The highest BCUT2D eigenvalue weighted by atomic mass is 16.6. The molecule has 25 heavy (non-hydrogen) atoms. The van der Waals surface area contributed by atoms with E-state index in [1.807, 2.05) is 13.8 Å². The molecule has 2 rings (SSSR count). The molecule has 0 aromatic rings. The predicted molar refractivity (Wildman–Crippen MR) is 101 cm³/mol. The summed E-state index contributed by atoms with van der Waals surface area (Å²) in [6, 6.07) is 0. The SMILES string of the molecule is CC1CCCC(C)(C(=O)OC(=O)C2(C)CCCC(C)C2(C)C)C1(C)C. The Morgan fingerprint density at radius 2 is 1.04 bits per heavy atom. The van der Waals surface area contributed by atoms with Gasteiger partial charge in [-0.2, -0.15) is 0 Å². The Morgan fingerprint density at radius 1 is 0.720 bits per heavy atom. The molecular formula is C22H38O3. The van der Waals surface area contributed by atoms with Crippen LogP contribution in [0.1, 0.15) is 93.9 Å². The van der Waals surface area contributed by atoms with Crippen molar-refractivity contribution in [2.75, 3.05) is 0 Å². The Hall–Kier alpha value is -0.860. The van der Waals surface area contributed by atoms with Gasteiger partial charge in [-0.05, 0) is 49.4 Å². The van der Waals surface area contributed by atoms with Crippen molar-refractivity contribution in [3.63, 3.8) is 0 Å². The quantitative estimate of drug-likeness (QED) is 0.469. The molecule has 2 aliphatic rings. The van der Waals surface area contributed by atoms with Crippen LogP contribution in [0, 0.1) is 33.5 Å². The second-order valence-corrected chi connectivity index (χ2v) is 10.4. The van der Waals surface area contributed by atoms with Crippen LogP contribution in [0.4, 0.5) is 0 Å². The zero-order chi connectivity index (χ0) is 19.3. The zero-order valence-electron chi connectivity index (χ0n) is 17.6. The van der Waals surface area contributed by atoms with E-state index in [0.29, 0.717) is 11.8 Å². The minimum atomic E-state index is -0.596. The molecule has 2 saturated carbocycles. The second-order valence-electron chi connectivity index (χ2n) is 10.4. The van der Waals surface area contributed by atoms with Crippen LogP contribution in [-0.2, 0) is 14.3 Å². The lowest BCUT2D eigenvalue weighted by Gasteiger charge is -2.52. The number of carbonyl (C=O) groups is 2. The molecule has 0 aromatic heterocycles. The van der Waals surface area contributed by atoms with Crippen molar-refractivity contribution < 1.29 is 14.3 Å². The summed E-state index contributed by atoms with van der Waals surface area (Å²) in [6.45, 7) is 17.0. The van der Waals surface area contributed by atoms with Crippen LogP contribution in [-0.4, -0.2) is 11.9 Å². The largest absolute Gasteiger partial charge is 0.392 e. The molecule has 0 aliphatic heterocycles. The van der Waals surface area contributed by atoms with Crippen LogP contribution in [0.25, 0.3) is 0 Å². The Kier molecular flexibility index (Phi) is 5.23. The van der Waals surface area contributed by atoms with Gasteiger partial charge in [-0.25, -0.2) is 0 Å². The topological polar surface area (TPSA) is 43.4 Å². The first-order valence-electron chi connectivity index (χ1n) is 10.1. The van der Waals surface area contributed by atoms with E-state index >= 15 is 0 Å². The fourth-order valence-corrected chi connectivity index (χ4v) is 5.02. The van der Waals surface area contributed by atoms with Crippen molar-refractivity contribution in [2.45, 2.75) is 93.9 Å². The van der Waals surface area contributed by atoms with Gasteiger partial charge in [-0.3, -0.25) is 9.59 Å². The van der Waals surface area contributed by atoms with Gasteiger partial charge in [0.1, 0.15) is 0 Å². The Bertz CT molecular complexity index is 499. The molecule has 2 fully saturated rings. The summed E-state index contributed by atoms with van der Waals surface area (Å²) in [4.78, 5) is 26.3. The van der Waals surface area contributed by atoms with Gasteiger partial charge in [0, 0.05) is 0 Å². The highest BCUT2D eigenvalue weighted by molar-refractivity contribution is 5.92. The summed E-state index contributed by atoms with van der Waals surface area (Å²) >= 11 is 0. The van der Waals surface area contributed by atoms with E-state index in [4.69, 9.17) is 4.74 Å². The fourth-order valence-electron chi connectivity index (χ4n) is 5.02. The average molecular weight is 351 g/mol. The second kappa shape index (κ2) is 6.39. The molecule has 3 heteroatoms. The minimum Gasteiger partial charge on any atom is -0.392 e. The smallest absolute Gasteiger partial charge is 0.320 e. The molecule has 0 heterocycles. The third-order valence-electron chi connectivity index (χ3n) is 9.02. The van der Waals surface area contributed by atoms with E-state index in [1.165, 1.54) is 0 Å². The number of esters is 2.